The molecule has 0 fully saturated rings. The van der Waals surface area contributed by atoms with Gasteiger partial charge in [-0.1, -0.05) is 147 Å². The summed E-state index contributed by atoms with van der Waals surface area (Å²) >= 11 is 1.86. The molecule has 12 aromatic rings. The highest BCUT2D eigenvalue weighted by atomic mass is 32.1. The van der Waals surface area contributed by atoms with E-state index in [1.807, 2.05) is 17.4 Å². The molecule has 2 nitrogen and oxygen atoms in total. The van der Waals surface area contributed by atoms with E-state index in [0.29, 0.717) is 0 Å². The average molecular weight is 810 g/mol. The van der Waals surface area contributed by atoms with Gasteiger partial charge in [0, 0.05) is 59.4 Å². The summed E-state index contributed by atoms with van der Waals surface area (Å²) in [6, 6.07) is 74.0. The molecule has 0 spiro atoms. The first kappa shape index (κ1) is 35.3. The second-order valence-electron chi connectivity index (χ2n) is 17.2. The topological polar surface area (TPSA) is 16.4 Å². The van der Waals surface area contributed by atoms with Gasteiger partial charge in [-0.3, -0.25) is 0 Å². The first-order valence-electron chi connectivity index (χ1n) is 21.4. The Morgan fingerprint density at radius 1 is 0.403 bits per heavy atom. The number of anilines is 3. The van der Waals surface area contributed by atoms with Crippen LogP contribution >= 0.6 is 11.3 Å². The summed E-state index contributed by atoms with van der Waals surface area (Å²) in [6.45, 7) is 4.73. The van der Waals surface area contributed by atoms with Gasteiger partial charge in [-0.2, -0.15) is 0 Å². The van der Waals surface area contributed by atoms with Gasteiger partial charge in [0.15, 0.2) is 0 Å². The van der Waals surface area contributed by atoms with Crippen LogP contribution < -0.4 is 4.90 Å². The third-order valence-electron chi connectivity index (χ3n) is 13.5. The van der Waals surface area contributed by atoms with E-state index in [2.05, 4.69) is 213 Å². The summed E-state index contributed by atoms with van der Waals surface area (Å²) in [4.78, 5) is 2.48. The fraction of sp³-hybridized carbons (Fsp3) is 0.0508. The molecule has 0 saturated heterocycles. The standard InChI is InChI=1S/C59H39NOS/c1-59(2)51-22-10-7-18-44(51)45-29-27-38(34-52(45)59)60(39-28-30-47-46-19-8-11-24-54(46)61-55(47)35-39)53-23-13-21-41(37-26-31-57-49(32-37)48-20-9-12-25-56(48)62-57)58(53)50-33-36-14-3-4-15-40(36)42-16-5-6-17-43(42)50/h3-35H,1-2H3. The lowest BCUT2D eigenvalue weighted by Crippen LogP contribution is -2.17. The second-order valence-corrected chi connectivity index (χ2v) is 18.3. The molecule has 1 aliphatic rings. The van der Waals surface area contributed by atoms with Gasteiger partial charge < -0.3 is 9.32 Å². The molecule has 2 heterocycles. The number of thiophene rings is 1. The van der Waals surface area contributed by atoms with Crippen LogP contribution in [0.25, 0.3) is 97.0 Å². The molecule has 0 atom stereocenters. The zero-order valence-corrected chi connectivity index (χ0v) is 35.1. The van der Waals surface area contributed by atoms with E-state index >= 15 is 0 Å². The van der Waals surface area contributed by atoms with Crippen molar-refractivity contribution in [3.63, 3.8) is 0 Å². The van der Waals surface area contributed by atoms with Crippen LogP contribution in [0.5, 0.6) is 0 Å². The third-order valence-corrected chi connectivity index (χ3v) is 14.6. The number of hydrogen-bond donors (Lipinski definition) is 0. The Hall–Kier alpha value is -7.46. The van der Waals surface area contributed by atoms with E-state index in [0.717, 1.165) is 39.0 Å². The highest BCUT2D eigenvalue weighted by Gasteiger charge is 2.36. The van der Waals surface area contributed by atoms with Crippen LogP contribution in [0.2, 0.25) is 0 Å². The molecule has 2 aromatic heterocycles. The summed E-state index contributed by atoms with van der Waals surface area (Å²) in [5.41, 5.74) is 14.9. The zero-order valence-electron chi connectivity index (χ0n) is 34.3. The minimum Gasteiger partial charge on any atom is -0.456 e. The summed E-state index contributed by atoms with van der Waals surface area (Å²) in [5, 5.41) is 9.76. The highest BCUT2D eigenvalue weighted by Crippen LogP contribution is 2.53. The number of rotatable bonds is 5. The molecule has 62 heavy (non-hydrogen) atoms. The summed E-state index contributed by atoms with van der Waals surface area (Å²) in [5.74, 6) is 0. The Morgan fingerprint density at radius 3 is 1.97 bits per heavy atom. The van der Waals surface area contributed by atoms with Crippen molar-refractivity contribution in [1.82, 2.24) is 0 Å². The molecule has 1 aliphatic carbocycles. The molecular formula is C59H39NOS. The molecule has 3 heteroatoms. The van der Waals surface area contributed by atoms with E-state index in [1.165, 1.54) is 86.2 Å². The molecule has 0 unspecified atom stereocenters. The van der Waals surface area contributed by atoms with Crippen molar-refractivity contribution in [2.24, 2.45) is 0 Å². The van der Waals surface area contributed by atoms with Gasteiger partial charge in [0.05, 0.1) is 5.69 Å². The number of furan rings is 1. The number of para-hydroxylation sites is 1. The van der Waals surface area contributed by atoms with E-state index in [4.69, 9.17) is 4.42 Å². The predicted octanol–water partition coefficient (Wildman–Crippen LogP) is 17.4. The quantitative estimate of drug-likeness (QED) is 0.161. The number of hydrogen-bond acceptors (Lipinski definition) is 3. The van der Waals surface area contributed by atoms with E-state index in [9.17, 15) is 0 Å². The number of benzene rings is 10. The summed E-state index contributed by atoms with van der Waals surface area (Å²) < 4.78 is 9.23. The molecule has 0 radical (unpaired) electrons. The van der Waals surface area contributed by atoms with Gasteiger partial charge >= 0.3 is 0 Å². The van der Waals surface area contributed by atoms with Crippen molar-refractivity contribution >= 4 is 92.1 Å². The lowest BCUT2D eigenvalue weighted by atomic mass is 9.82. The molecule has 0 bridgehead atoms. The molecule has 13 rings (SSSR count). The molecule has 0 amide bonds. The molecule has 10 aromatic carbocycles. The van der Waals surface area contributed by atoms with Crippen molar-refractivity contribution in [2.75, 3.05) is 4.90 Å². The predicted molar refractivity (Wildman–Crippen MR) is 265 cm³/mol. The SMILES string of the molecule is CC1(C)c2ccccc2-c2ccc(N(c3ccc4c(c3)oc3ccccc34)c3cccc(-c4ccc5sc6ccccc6c5c4)c3-c3cc4ccccc4c4ccccc34)cc21. The molecule has 0 N–H and O–H groups in total. The van der Waals surface area contributed by atoms with Gasteiger partial charge in [-0.05, 0) is 121 Å². The Labute approximate surface area is 363 Å². The number of nitrogens with zero attached hydrogens (tertiary/aromatic N) is 1. The molecular weight excluding hydrogens is 771 g/mol. The Morgan fingerprint density at radius 2 is 1.06 bits per heavy atom. The van der Waals surface area contributed by atoms with Crippen LogP contribution in [0.15, 0.2) is 205 Å². The average Bonchev–Trinajstić information content (AvgIpc) is 3.95. The van der Waals surface area contributed by atoms with Gasteiger partial charge in [-0.25, -0.2) is 0 Å². The van der Waals surface area contributed by atoms with Crippen LogP contribution in [0.4, 0.5) is 17.1 Å². The smallest absolute Gasteiger partial charge is 0.137 e. The van der Waals surface area contributed by atoms with E-state index in [1.54, 1.807) is 0 Å². The van der Waals surface area contributed by atoms with Crippen LogP contribution in [0.1, 0.15) is 25.0 Å². The normalized spacial score (nSPS) is 13.1. The molecule has 0 saturated carbocycles. The van der Waals surface area contributed by atoms with Gasteiger partial charge in [0.25, 0.3) is 0 Å². The lowest BCUT2D eigenvalue weighted by Gasteiger charge is -2.31. The maximum absolute atomic E-state index is 6.62. The van der Waals surface area contributed by atoms with Gasteiger partial charge in [-0.15, -0.1) is 11.3 Å². The summed E-state index contributed by atoms with van der Waals surface area (Å²) in [6.07, 6.45) is 0. The lowest BCUT2D eigenvalue weighted by molar-refractivity contribution is 0.660. The maximum Gasteiger partial charge on any atom is 0.137 e. The Balaban J connectivity index is 1.14. The third kappa shape index (κ3) is 5.16. The van der Waals surface area contributed by atoms with Crippen molar-refractivity contribution in [3.8, 4) is 33.4 Å². The van der Waals surface area contributed by atoms with Crippen molar-refractivity contribution in [3.05, 3.63) is 211 Å². The fourth-order valence-electron chi connectivity index (χ4n) is 10.5. The Kier molecular flexibility index (Phi) is 7.56. The van der Waals surface area contributed by atoms with Crippen molar-refractivity contribution in [2.45, 2.75) is 19.3 Å². The summed E-state index contributed by atoms with van der Waals surface area (Å²) in [7, 11) is 0. The van der Waals surface area contributed by atoms with Crippen LogP contribution in [-0.2, 0) is 5.41 Å². The zero-order chi connectivity index (χ0) is 41.1. The fourth-order valence-corrected chi connectivity index (χ4v) is 11.6. The minimum absolute atomic E-state index is 0.172. The van der Waals surface area contributed by atoms with Crippen LogP contribution in [0, 0.1) is 0 Å². The number of fused-ring (bicyclic) bond motifs is 12. The van der Waals surface area contributed by atoms with Crippen molar-refractivity contribution < 1.29 is 4.42 Å². The first-order valence-corrected chi connectivity index (χ1v) is 22.2. The molecule has 292 valence electrons. The second kappa shape index (κ2) is 13.3. The molecule has 0 aliphatic heterocycles. The first-order chi connectivity index (χ1) is 30.5. The van der Waals surface area contributed by atoms with Gasteiger partial charge in [0.2, 0.25) is 0 Å². The highest BCUT2D eigenvalue weighted by molar-refractivity contribution is 7.25. The van der Waals surface area contributed by atoms with Crippen LogP contribution in [-0.4, -0.2) is 0 Å². The van der Waals surface area contributed by atoms with E-state index < -0.39 is 0 Å². The van der Waals surface area contributed by atoms with Crippen molar-refractivity contribution in [1.29, 1.82) is 0 Å². The van der Waals surface area contributed by atoms with Crippen LogP contribution in [0.3, 0.4) is 0 Å². The monoisotopic (exact) mass is 809 g/mol. The largest absolute Gasteiger partial charge is 0.456 e. The van der Waals surface area contributed by atoms with Gasteiger partial charge in [0.1, 0.15) is 11.2 Å². The minimum atomic E-state index is -0.172. The maximum atomic E-state index is 6.62. The van der Waals surface area contributed by atoms with E-state index in [-0.39, 0.29) is 5.41 Å². The Bertz CT molecular complexity index is 3810.